The Balaban J connectivity index is 2.30. The van der Waals surface area contributed by atoms with Gasteiger partial charge in [0.05, 0.1) is 11.3 Å². The first-order valence-corrected chi connectivity index (χ1v) is 9.95. The number of nitrogens with one attached hydrogen (secondary N) is 1. The van der Waals surface area contributed by atoms with Crippen molar-refractivity contribution in [2.75, 3.05) is 17.9 Å². The molecule has 2 aromatic carbocycles. The zero-order valence-electron chi connectivity index (χ0n) is 14.5. The van der Waals surface area contributed by atoms with Gasteiger partial charge in [-0.3, -0.25) is 9.10 Å². The number of benzene rings is 2. The number of carbonyl (C=O) groups excluding carboxylic acids is 1. The average molecular weight is 455 g/mol. The van der Waals surface area contributed by atoms with Crippen LogP contribution in [0, 0.1) is 5.82 Å². The number of rotatable bonds is 5. The van der Waals surface area contributed by atoms with Crippen LogP contribution in [0.3, 0.4) is 0 Å². The first kappa shape index (κ1) is 19.4. The predicted molar refractivity (Wildman–Crippen MR) is 106 cm³/mol. The van der Waals surface area contributed by atoms with Gasteiger partial charge in [-0.1, -0.05) is 0 Å². The first-order chi connectivity index (χ1) is 12.9. The van der Waals surface area contributed by atoms with Gasteiger partial charge in [-0.05, 0) is 53.2 Å². The topological polar surface area (TPSA) is 79.6 Å². The van der Waals surface area contributed by atoms with Crippen LogP contribution in [0.2, 0.25) is 0 Å². The van der Waals surface area contributed by atoms with E-state index in [0.29, 0.717) is 32.3 Å². The molecule has 0 radical (unpaired) electrons. The van der Waals surface area contributed by atoms with Crippen molar-refractivity contribution < 1.29 is 22.0 Å². The fourth-order valence-corrected chi connectivity index (χ4v) is 4.10. The Hall–Kier alpha value is -2.39. The molecule has 0 aliphatic heterocycles. The van der Waals surface area contributed by atoms with Crippen LogP contribution in [0.4, 0.5) is 10.1 Å². The molecule has 0 spiro atoms. The molecule has 6 nitrogen and oxygen atoms in total. The summed E-state index contributed by atoms with van der Waals surface area (Å²) in [5.41, 5.74) is 1.58. The minimum absolute atomic E-state index is 0.247. The van der Waals surface area contributed by atoms with Crippen LogP contribution in [0.25, 0.3) is 22.3 Å². The standard InChI is InChI=1S/C18H16BrFN2O4S/c1-3-22(27(24)25)14-9-15-12(8-13(14)19)16(18(23)21-2)17(26-15)10-4-6-11(20)7-5-10/h4-9,27H,3H2,1-2H3,(H,21,23). The largest absolute Gasteiger partial charge is 0.455 e. The highest BCUT2D eigenvalue weighted by molar-refractivity contribution is 9.10. The molecule has 0 fully saturated rings. The van der Waals surface area contributed by atoms with Crippen LogP contribution in [0.5, 0.6) is 0 Å². The SMILES string of the molecule is CCN(c1cc2oc(-c3ccc(F)cc3)c(C(=O)NC)c2cc1Br)[SH](=O)=O. The molecule has 0 atom stereocenters. The number of hydrogen-bond acceptors (Lipinski definition) is 4. The number of fused-ring (bicyclic) bond motifs is 1. The summed E-state index contributed by atoms with van der Waals surface area (Å²) < 4.78 is 43.9. The first-order valence-electron chi connectivity index (χ1n) is 8.03. The smallest absolute Gasteiger partial charge is 0.255 e. The van der Waals surface area contributed by atoms with Crippen molar-refractivity contribution in [3.8, 4) is 11.3 Å². The molecule has 0 bridgehead atoms. The van der Waals surface area contributed by atoms with E-state index in [9.17, 15) is 17.6 Å². The van der Waals surface area contributed by atoms with E-state index in [-0.39, 0.29) is 18.2 Å². The van der Waals surface area contributed by atoms with Gasteiger partial charge >= 0.3 is 0 Å². The molecule has 0 unspecified atom stereocenters. The number of thiol groups is 1. The highest BCUT2D eigenvalue weighted by Gasteiger charge is 2.24. The van der Waals surface area contributed by atoms with E-state index in [1.54, 1.807) is 19.1 Å². The van der Waals surface area contributed by atoms with Gasteiger partial charge in [-0.15, -0.1) is 0 Å². The third kappa shape index (κ3) is 3.57. The normalized spacial score (nSPS) is 11.1. The zero-order chi connectivity index (χ0) is 19.7. The molecule has 0 saturated heterocycles. The third-order valence-corrected chi connectivity index (χ3v) is 5.62. The fourth-order valence-electron chi connectivity index (χ4n) is 2.83. The van der Waals surface area contributed by atoms with Gasteiger partial charge in [0.2, 0.25) is 10.9 Å². The van der Waals surface area contributed by atoms with E-state index in [4.69, 9.17) is 4.42 Å². The fraction of sp³-hybridized carbons (Fsp3) is 0.167. The Morgan fingerprint density at radius 1 is 1.26 bits per heavy atom. The second kappa shape index (κ2) is 7.69. The number of carbonyl (C=O) groups is 1. The van der Waals surface area contributed by atoms with Crippen LogP contribution in [0.15, 0.2) is 45.3 Å². The minimum atomic E-state index is -2.84. The van der Waals surface area contributed by atoms with Gasteiger partial charge in [0, 0.05) is 35.1 Å². The summed E-state index contributed by atoms with van der Waals surface area (Å²) in [6.45, 7) is 1.96. The number of anilines is 1. The molecular formula is C18H16BrFN2O4S. The van der Waals surface area contributed by atoms with Gasteiger partial charge in [-0.2, -0.15) is 0 Å². The molecular weight excluding hydrogens is 439 g/mol. The molecule has 27 heavy (non-hydrogen) atoms. The Kier molecular flexibility index (Phi) is 5.52. The summed E-state index contributed by atoms with van der Waals surface area (Å²) in [6, 6.07) is 8.79. The zero-order valence-corrected chi connectivity index (χ0v) is 16.9. The van der Waals surface area contributed by atoms with Crippen LogP contribution < -0.4 is 9.62 Å². The van der Waals surface area contributed by atoms with Crippen molar-refractivity contribution in [3.05, 3.63) is 52.3 Å². The second-order valence-electron chi connectivity index (χ2n) is 5.65. The number of halogens is 2. The van der Waals surface area contributed by atoms with Crippen LogP contribution in [-0.2, 0) is 10.9 Å². The molecule has 3 aromatic rings. The van der Waals surface area contributed by atoms with Crippen molar-refractivity contribution in [2.24, 2.45) is 0 Å². The molecule has 142 valence electrons. The Bertz CT molecular complexity index is 1080. The van der Waals surface area contributed by atoms with Crippen LogP contribution in [0.1, 0.15) is 17.3 Å². The van der Waals surface area contributed by atoms with Crippen molar-refractivity contribution >= 4 is 49.4 Å². The summed E-state index contributed by atoms with van der Waals surface area (Å²) in [4.78, 5) is 12.5. The summed E-state index contributed by atoms with van der Waals surface area (Å²) in [5.74, 6) is -0.489. The summed E-state index contributed by atoms with van der Waals surface area (Å²) >= 11 is 3.38. The quantitative estimate of drug-likeness (QED) is 0.575. The van der Waals surface area contributed by atoms with Gasteiger partial charge in [0.1, 0.15) is 17.2 Å². The van der Waals surface area contributed by atoms with E-state index >= 15 is 0 Å². The average Bonchev–Trinajstić information content (AvgIpc) is 3.00. The van der Waals surface area contributed by atoms with Gasteiger partial charge in [0.25, 0.3) is 5.91 Å². The number of furan rings is 1. The van der Waals surface area contributed by atoms with E-state index < -0.39 is 16.7 Å². The Morgan fingerprint density at radius 3 is 2.48 bits per heavy atom. The molecule has 9 heteroatoms. The maximum atomic E-state index is 13.3. The third-order valence-electron chi connectivity index (χ3n) is 4.09. The lowest BCUT2D eigenvalue weighted by molar-refractivity contribution is 0.0964. The maximum Gasteiger partial charge on any atom is 0.255 e. The van der Waals surface area contributed by atoms with E-state index in [0.717, 1.165) is 0 Å². The van der Waals surface area contributed by atoms with Gasteiger partial charge < -0.3 is 9.73 Å². The van der Waals surface area contributed by atoms with E-state index in [1.807, 2.05) is 0 Å². The van der Waals surface area contributed by atoms with E-state index in [2.05, 4.69) is 21.2 Å². The molecule has 1 N–H and O–H groups in total. The highest BCUT2D eigenvalue weighted by Crippen LogP contribution is 2.39. The second-order valence-corrected chi connectivity index (χ2v) is 7.46. The molecule has 3 rings (SSSR count). The highest BCUT2D eigenvalue weighted by atomic mass is 79.9. The van der Waals surface area contributed by atoms with E-state index in [1.165, 1.54) is 35.6 Å². The predicted octanol–water partition coefficient (Wildman–Crippen LogP) is 3.71. The lowest BCUT2D eigenvalue weighted by atomic mass is 10.0. The van der Waals surface area contributed by atoms with Crippen molar-refractivity contribution in [3.63, 3.8) is 0 Å². The molecule has 1 amide bonds. The maximum absolute atomic E-state index is 13.3. The number of hydrogen-bond donors (Lipinski definition) is 2. The molecule has 1 aromatic heterocycles. The number of nitrogens with zero attached hydrogens (tertiary/aromatic N) is 1. The Morgan fingerprint density at radius 2 is 1.93 bits per heavy atom. The minimum Gasteiger partial charge on any atom is -0.455 e. The van der Waals surface area contributed by atoms with Crippen molar-refractivity contribution in [1.82, 2.24) is 5.32 Å². The van der Waals surface area contributed by atoms with Crippen LogP contribution in [-0.4, -0.2) is 27.9 Å². The summed E-state index contributed by atoms with van der Waals surface area (Å²) in [6.07, 6.45) is 0. The molecule has 1 heterocycles. The van der Waals surface area contributed by atoms with Crippen molar-refractivity contribution in [1.29, 1.82) is 0 Å². The molecule has 0 aliphatic carbocycles. The number of amides is 1. The lowest BCUT2D eigenvalue weighted by Crippen LogP contribution is -2.20. The van der Waals surface area contributed by atoms with Crippen molar-refractivity contribution in [2.45, 2.75) is 6.92 Å². The molecule has 0 saturated carbocycles. The Labute approximate surface area is 165 Å². The summed E-state index contributed by atoms with van der Waals surface area (Å²) in [5, 5.41) is 3.09. The van der Waals surface area contributed by atoms with Crippen LogP contribution >= 0.6 is 15.9 Å². The van der Waals surface area contributed by atoms with Gasteiger partial charge in [0.15, 0.2) is 0 Å². The van der Waals surface area contributed by atoms with Gasteiger partial charge in [-0.25, -0.2) is 12.8 Å². The summed E-state index contributed by atoms with van der Waals surface area (Å²) in [7, 11) is -1.34. The monoisotopic (exact) mass is 454 g/mol. The lowest BCUT2D eigenvalue weighted by Gasteiger charge is -2.16. The molecule has 0 aliphatic rings.